The van der Waals surface area contributed by atoms with E-state index in [4.69, 9.17) is 0 Å². The molecule has 1 N–H and O–H groups in total. The van der Waals surface area contributed by atoms with Crippen LogP contribution in [0.25, 0.3) is 0 Å². The predicted molar refractivity (Wildman–Crippen MR) is 87.4 cm³/mol. The zero-order chi connectivity index (χ0) is 15.9. The Hall–Kier alpha value is -2.10. The van der Waals surface area contributed by atoms with Crippen LogP contribution >= 0.6 is 0 Å². The van der Waals surface area contributed by atoms with Crippen LogP contribution in [0.4, 0.5) is 0 Å². The van der Waals surface area contributed by atoms with Gasteiger partial charge in [-0.05, 0) is 24.8 Å². The van der Waals surface area contributed by atoms with Crippen molar-refractivity contribution in [1.82, 2.24) is 10.2 Å². The molecule has 4 heteroatoms. The van der Waals surface area contributed by atoms with E-state index in [0.717, 1.165) is 31.4 Å². The highest BCUT2D eigenvalue weighted by atomic mass is 16.2. The van der Waals surface area contributed by atoms with Crippen molar-refractivity contribution in [3.63, 3.8) is 0 Å². The molecule has 2 rings (SSSR count). The van der Waals surface area contributed by atoms with Gasteiger partial charge in [0, 0.05) is 26.1 Å². The average Bonchev–Trinajstić information content (AvgIpc) is 2.97. The second kappa shape index (κ2) is 7.78. The normalized spacial score (nSPS) is 18.8. The zero-order valence-electron chi connectivity index (χ0n) is 13.1. The van der Waals surface area contributed by atoms with Crippen molar-refractivity contribution in [2.45, 2.75) is 38.1 Å². The molecule has 0 saturated carbocycles. The number of rotatable bonds is 6. The maximum atomic E-state index is 12.6. The van der Waals surface area contributed by atoms with Crippen molar-refractivity contribution >= 4 is 11.8 Å². The first-order chi connectivity index (χ1) is 10.6. The molecule has 0 aliphatic carbocycles. The number of likely N-dealkylation sites (tertiary alicyclic amines) is 1. The van der Waals surface area contributed by atoms with Crippen LogP contribution in [0.3, 0.4) is 0 Å². The predicted octanol–water partition coefficient (Wildman–Crippen LogP) is 2.47. The summed E-state index contributed by atoms with van der Waals surface area (Å²) < 4.78 is 0. The van der Waals surface area contributed by atoms with Gasteiger partial charge >= 0.3 is 0 Å². The molecule has 2 atom stereocenters. The number of hydrogen-bond donors (Lipinski definition) is 1. The quantitative estimate of drug-likeness (QED) is 0.821. The van der Waals surface area contributed by atoms with Gasteiger partial charge in [-0.1, -0.05) is 36.4 Å². The number of allylic oxidation sites excluding steroid dienone is 1. The van der Waals surface area contributed by atoms with Gasteiger partial charge in [-0.15, -0.1) is 6.58 Å². The van der Waals surface area contributed by atoms with Crippen LogP contribution in [0.2, 0.25) is 0 Å². The Morgan fingerprint density at radius 2 is 2.14 bits per heavy atom. The number of hydrogen-bond acceptors (Lipinski definition) is 2. The van der Waals surface area contributed by atoms with Crippen LogP contribution in [0.5, 0.6) is 0 Å². The van der Waals surface area contributed by atoms with Gasteiger partial charge < -0.3 is 10.2 Å². The number of nitrogens with zero attached hydrogens (tertiary/aromatic N) is 1. The van der Waals surface area contributed by atoms with Gasteiger partial charge in [0.05, 0.1) is 5.92 Å². The third-order valence-corrected chi connectivity index (χ3v) is 4.16. The summed E-state index contributed by atoms with van der Waals surface area (Å²) in [5.74, 6) is -0.0444. The third kappa shape index (κ3) is 4.20. The van der Waals surface area contributed by atoms with Crippen LogP contribution < -0.4 is 5.32 Å². The summed E-state index contributed by atoms with van der Waals surface area (Å²) in [6.45, 7) is 6.65. The fourth-order valence-electron chi connectivity index (χ4n) is 2.88. The van der Waals surface area contributed by atoms with Crippen LogP contribution in [-0.2, 0) is 9.59 Å². The molecule has 4 nitrogen and oxygen atoms in total. The minimum Gasteiger partial charge on any atom is -0.351 e. The second-order valence-electron chi connectivity index (χ2n) is 5.79. The molecule has 1 aromatic rings. The summed E-state index contributed by atoms with van der Waals surface area (Å²) in [5.41, 5.74) is 1.03. The first kappa shape index (κ1) is 16.3. The lowest BCUT2D eigenvalue weighted by Gasteiger charge is -2.20. The van der Waals surface area contributed by atoms with Crippen LogP contribution in [0, 0.1) is 0 Å². The van der Waals surface area contributed by atoms with Crippen LogP contribution in [0.15, 0.2) is 43.0 Å². The summed E-state index contributed by atoms with van der Waals surface area (Å²) in [6.07, 6.45) is 4.23. The fourth-order valence-corrected chi connectivity index (χ4v) is 2.88. The highest BCUT2D eigenvalue weighted by Crippen LogP contribution is 2.22. The van der Waals surface area contributed by atoms with Crippen molar-refractivity contribution in [1.29, 1.82) is 0 Å². The SMILES string of the molecule is C=CCCC(C(=O)NC1CCN(C(C)=O)C1)c1ccccc1. The largest absolute Gasteiger partial charge is 0.351 e. The van der Waals surface area contributed by atoms with E-state index in [9.17, 15) is 9.59 Å². The summed E-state index contributed by atoms with van der Waals surface area (Å²) in [4.78, 5) is 25.8. The standard InChI is InChI=1S/C18H24N2O2/c1-3-4-10-17(15-8-6-5-7-9-15)18(22)19-16-11-12-20(13-16)14(2)21/h3,5-9,16-17H,1,4,10-13H2,2H3,(H,19,22). The highest BCUT2D eigenvalue weighted by molar-refractivity contribution is 5.84. The lowest BCUT2D eigenvalue weighted by atomic mass is 9.93. The molecular weight excluding hydrogens is 276 g/mol. The maximum absolute atomic E-state index is 12.6. The molecule has 2 amide bonds. The fraction of sp³-hybridized carbons (Fsp3) is 0.444. The average molecular weight is 300 g/mol. The van der Waals surface area contributed by atoms with Gasteiger partial charge in [-0.2, -0.15) is 0 Å². The van der Waals surface area contributed by atoms with E-state index in [1.165, 1.54) is 0 Å². The Morgan fingerprint density at radius 3 is 2.73 bits per heavy atom. The molecule has 1 fully saturated rings. The van der Waals surface area contributed by atoms with Gasteiger partial charge in [-0.3, -0.25) is 9.59 Å². The van der Waals surface area contributed by atoms with E-state index in [1.807, 2.05) is 36.4 Å². The van der Waals surface area contributed by atoms with E-state index in [1.54, 1.807) is 11.8 Å². The van der Waals surface area contributed by atoms with E-state index < -0.39 is 0 Å². The summed E-state index contributed by atoms with van der Waals surface area (Å²) in [7, 11) is 0. The molecule has 1 aromatic carbocycles. The van der Waals surface area contributed by atoms with Gasteiger partial charge in [0.2, 0.25) is 11.8 Å². The number of amides is 2. The topological polar surface area (TPSA) is 49.4 Å². The van der Waals surface area contributed by atoms with Crippen molar-refractivity contribution in [2.24, 2.45) is 0 Å². The summed E-state index contributed by atoms with van der Waals surface area (Å²) >= 11 is 0. The molecule has 0 spiro atoms. The van der Waals surface area contributed by atoms with Gasteiger partial charge in [0.1, 0.15) is 0 Å². The summed E-state index contributed by atoms with van der Waals surface area (Å²) in [5, 5.41) is 3.10. The van der Waals surface area contributed by atoms with Crippen molar-refractivity contribution < 1.29 is 9.59 Å². The highest BCUT2D eigenvalue weighted by Gasteiger charge is 2.28. The Morgan fingerprint density at radius 1 is 1.41 bits per heavy atom. The first-order valence-electron chi connectivity index (χ1n) is 7.83. The lowest BCUT2D eigenvalue weighted by Crippen LogP contribution is -2.40. The number of carbonyl (C=O) groups is 2. The van der Waals surface area contributed by atoms with Crippen molar-refractivity contribution in [3.8, 4) is 0 Å². The molecule has 1 saturated heterocycles. The molecular formula is C18H24N2O2. The molecule has 0 bridgehead atoms. The Balaban J connectivity index is 2.00. The number of benzene rings is 1. The molecule has 1 aliphatic heterocycles. The van der Waals surface area contributed by atoms with E-state index >= 15 is 0 Å². The summed E-state index contributed by atoms with van der Waals surface area (Å²) in [6, 6.07) is 9.90. The Bertz CT molecular complexity index is 527. The molecule has 0 aromatic heterocycles. The van der Waals surface area contributed by atoms with Gasteiger partial charge in [0.25, 0.3) is 0 Å². The lowest BCUT2D eigenvalue weighted by molar-refractivity contribution is -0.128. The first-order valence-corrected chi connectivity index (χ1v) is 7.83. The van der Waals surface area contributed by atoms with Crippen molar-refractivity contribution in [3.05, 3.63) is 48.6 Å². The molecule has 1 heterocycles. The second-order valence-corrected chi connectivity index (χ2v) is 5.79. The maximum Gasteiger partial charge on any atom is 0.227 e. The minimum absolute atomic E-state index is 0.0449. The molecule has 2 unspecified atom stereocenters. The van der Waals surface area contributed by atoms with E-state index in [0.29, 0.717) is 6.54 Å². The van der Waals surface area contributed by atoms with Gasteiger partial charge in [0.15, 0.2) is 0 Å². The monoisotopic (exact) mass is 300 g/mol. The Kier molecular flexibility index (Phi) is 5.75. The minimum atomic E-state index is -0.162. The number of carbonyl (C=O) groups excluding carboxylic acids is 2. The molecule has 0 radical (unpaired) electrons. The van der Waals surface area contributed by atoms with E-state index in [2.05, 4.69) is 11.9 Å². The van der Waals surface area contributed by atoms with E-state index in [-0.39, 0.29) is 23.8 Å². The third-order valence-electron chi connectivity index (χ3n) is 4.16. The van der Waals surface area contributed by atoms with Crippen molar-refractivity contribution in [2.75, 3.05) is 13.1 Å². The van der Waals surface area contributed by atoms with Crippen LogP contribution in [-0.4, -0.2) is 35.8 Å². The molecule has 22 heavy (non-hydrogen) atoms. The zero-order valence-corrected chi connectivity index (χ0v) is 13.1. The Labute approximate surface area is 132 Å². The molecule has 118 valence electrons. The number of nitrogens with one attached hydrogen (secondary N) is 1. The smallest absolute Gasteiger partial charge is 0.227 e. The molecule has 1 aliphatic rings. The van der Waals surface area contributed by atoms with Gasteiger partial charge in [-0.25, -0.2) is 0 Å². The van der Waals surface area contributed by atoms with Crippen LogP contribution in [0.1, 0.15) is 37.7 Å².